The highest BCUT2D eigenvalue weighted by Crippen LogP contribution is 2.15. The number of rotatable bonds is 3. The number of fused-ring (bicyclic) bond motifs is 1. The SMILES string of the molecule is Nc1nccc(NCc2ccc3[nH]ccc3c2)n1. The van der Waals surface area contributed by atoms with Crippen molar-refractivity contribution in [1.29, 1.82) is 0 Å². The molecule has 3 rings (SSSR count). The lowest BCUT2D eigenvalue weighted by Crippen LogP contribution is -2.03. The third-order valence-electron chi connectivity index (χ3n) is 2.77. The molecule has 0 unspecified atom stereocenters. The Bertz CT molecular complexity index is 674. The number of anilines is 2. The predicted molar refractivity (Wildman–Crippen MR) is 72.1 cm³/mol. The van der Waals surface area contributed by atoms with E-state index in [1.165, 1.54) is 10.9 Å². The second kappa shape index (κ2) is 4.37. The van der Waals surface area contributed by atoms with Crippen LogP contribution >= 0.6 is 0 Å². The minimum Gasteiger partial charge on any atom is -0.368 e. The number of hydrogen-bond acceptors (Lipinski definition) is 4. The molecule has 0 amide bonds. The molecule has 0 radical (unpaired) electrons. The lowest BCUT2D eigenvalue weighted by Gasteiger charge is -2.06. The molecule has 18 heavy (non-hydrogen) atoms. The number of aromatic amines is 1. The van der Waals surface area contributed by atoms with Crippen LogP contribution in [0.5, 0.6) is 0 Å². The fourth-order valence-corrected chi connectivity index (χ4v) is 1.88. The molecule has 0 aliphatic heterocycles. The van der Waals surface area contributed by atoms with Gasteiger partial charge in [-0.3, -0.25) is 0 Å². The Labute approximate surface area is 104 Å². The van der Waals surface area contributed by atoms with E-state index in [0.29, 0.717) is 6.54 Å². The third-order valence-corrected chi connectivity index (χ3v) is 2.77. The molecule has 5 nitrogen and oxygen atoms in total. The zero-order valence-corrected chi connectivity index (χ0v) is 9.72. The van der Waals surface area contributed by atoms with Gasteiger partial charge in [-0.15, -0.1) is 0 Å². The summed E-state index contributed by atoms with van der Waals surface area (Å²) in [6.07, 6.45) is 3.58. The van der Waals surface area contributed by atoms with Gasteiger partial charge < -0.3 is 16.0 Å². The topological polar surface area (TPSA) is 79.6 Å². The molecule has 0 bridgehead atoms. The molecule has 0 aliphatic carbocycles. The normalized spacial score (nSPS) is 10.7. The molecule has 2 aromatic heterocycles. The van der Waals surface area contributed by atoms with E-state index in [1.807, 2.05) is 6.20 Å². The zero-order valence-electron chi connectivity index (χ0n) is 9.72. The molecule has 4 N–H and O–H groups in total. The fraction of sp³-hybridized carbons (Fsp3) is 0.0769. The smallest absolute Gasteiger partial charge is 0.221 e. The van der Waals surface area contributed by atoms with Crippen molar-refractivity contribution in [1.82, 2.24) is 15.0 Å². The molecule has 90 valence electrons. The first kappa shape index (κ1) is 10.6. The summed E-state index contributed by atoms with van der Waals surface area (Å²) in [6.45, 7) is 0.706. The highest BCUT2D eigenvalue weighted by molar-refractivity contribution is 5.79. The molecule has 0 spiro atoms. The van der Waals surface area contributed by atoms with Crippen molar-refractivity contribution in [2.45, 2.75) is 6.54 Å². The Morgan fingerprint density at radius 3 is 3.06 bits per heavy atom. The van der Waals surface area contributed by atoms with Crippen LogP contribution < -0.4 is 11.1 Å². The average molecular weight is 239 g/mol. The van der Waals surface area contributed by atoms with E-state index in [2.05, 4.69) is 44.5 Å². The first-order valence-corrected chi connectivity index (χ1v) is 5.70. The Balaban J connectivity index is 1.76. The van der Waals surface area contributed by atoms with Crippen molar-refractivity contribution in [3.63, 3.8) is 0 Å². The lowest BCUT2D eigenvalue weighted by molar-refractivity contribution is 1.09. The van der Waals surface area contributed by atoms with Gasteiger partial charge in [0.2, 0.25) is 5.95 Å². The first-order chi connectivity index (χ1) is 8.81. The number of nitrogens with two attached hydrogens (primary N) is 1. The summed E-state index contributed by atoms with van der Waals surface area (Å²) in [7, 11) is 0. The maximum absolute atomic E-state index is 5.52. The number of nitrogen functional groups attached to an aromatic ring is 1. The van der Waals surface area contributed by atoms with Crippen LogP contribution in [-0.4, -0.2) is 15.0 Å². The van der Waals surface area contributed by atoms with Gasteiger partial charge in [0.15, 0.2) is 0 Å². The third kappa shape index (κ3) is 2.10. The van der Waals surface area contributed by atoms with Crippen molar-refractivity contribution < 1.29 is 0 Å². The summed E-state index contributed by atoms with van der Waals surface area (Å²) in [5.74, 6) is 1.01. The van der Waals surface area contributed by atoms with Crippen molar-refractivity contribution in [2.24, 2.45) is 0 Å². The Morgan fingerprint density at radius 1 is 1.22 bits per heavy atom. The summed E-state index contributed by atoms with van der Waals surface area (Å²) in [5.41, 5.74) is 7.86. The average Bonchev–Trinajstić information content (AvgIpc) is 2.84. The Kier molecular flexibility index (Phi) is 2.57. The number of H-pyrrole nitrogens is 1. The summed E-state index contributed by atoms with van der Waals surface area (Å²) in [4.78, 5) is 11.1. The summed E-state index contributed by atoms with van der Waals surface area (Å²) < 4.78 is 0. The molecule has 0 fully saturated rings. The standard InChI is InChI=1S/C13H13N5/c14-13-16-6-4-12(18-13)17-8-9-1-2-11-10(7-9)3-5-15-11/h1-7,15H,8H2,(H3,14,16,17,18). The molecule has 3 aromatic rings. The van der Waals surface area contributed by atoms with E-state index >= 15 is 0 Å². The number of nitrogens with zero attached hydrogens (tertiary/aromatic N) is 2. The van der Waals surface area contributed by atoms with E-state index in [9.17, 15) is 0 Å². The minimum atomic E-state index is 0.279. The molecule has 0 saturated heterocycles. The summed E-state index contributed by atoms with van der Waals surface area (Å²) >= 11 is 0. The van der Waals surface area contributed by atoms with Gasteiger partial charge in [-0.1, -0.05) is 6.07 Å². The second-order valence-electron chi connectivity index (χ2n) is 4.05. The second-order valence-corrected chi connectivity index (χ2v) is 4.05. The van der Waals surface area contributed by atoms with E-state index in [0.717, 1.165) is 11.3 Å². The monoisotopic (exact) mass is 239 g/mol. The zero-order chi connectivity index (χ0) is 12.4. The molecule has 0 saturated carbocycles. The summed E-state index contributed by atoms with van der Waals surface area (Å²) in [6, 6.07) is 10.1. The quantitative estimate of drug-likeness (QED) is 0.654. The number of hydrogen-bond donors (Lipinski definition) is 3. The first-order valence-electron chi connectivity index (χ1n) is 5.70. The maximum atomic E-state index is 5.52. The van der Waals surface area contributed by atoms with Crippen molar-refractivity contribution in [2.75, 3.05) is 11.1 Å². The van der Waals surface area contributed by atoms with E-state index in [1.54, 1.807) is 12.3 Å². The maximum Gasteiger partial charge on any atom is 0.221 e. The molecule has 1 aromatic carbocycles. The molecule has 0 atom stereocenters. The van der Waals surface area contributed by atoms with E-state index in [-0.39, 0.29) is 5.95 Å². The van der Waals surface area contributed by atoms with Crippen LogP contribution in [0.25, 0.3) is 10.9 Å². The highest BCUT2D eigenvalue weighted by Gasteiger charge is 1.99. The number of nitrogens with one attached hydrogen (secondary N) is 2. The fourth-order valence-electron chi connectivity index (χ4n) is 1.88. The van der Waals surface area contributed by atoms with Gasteiger partial charge in [-0.25, -0.2) is 4.98 Å². The number of benzene rings is 1. The highest BCUT2D eigenvalue weighted by atomic mass is 15.1. The van der Waals surface area contributed by atoms with Crippen molar-refractivity contribution in [3.05, 3.63) is 48.3 Å². The molecule has 5 heteroatoms. The molecular weight excluding hydrogens is 226 g/mol. The minimum absolute atomic E-state index is 0.279. The van der Waals surface area contributed by atoms with Crippen molar-refractivity contribution >= 4 is 22.7 Å². The Morgan fingerprint density at radius 2 is 2.17 bits per heavy atom. The predicted octanol–water partition coefficient (Wildman–Crippen LogP) is 2.15. The van der Waals surface area contributed by atoms with Crippen LogP contribution in [0.2, 0.25) is 0 Å². The van der Waals surface area contributed by atoms with Gasteiger partial charge in [0.1, 0.15) is 5.82 Å². The van der Waals surface area contributed by atoms with E-state index < -0.39 is 0 Å². The molecule has 0 aliphatic rings. The van der Waals surface area contributed by atoms with E-state index in [4.69, 9.17) is 5.73 Å². The van der Waals surface area contributed by atoms with Crippen LogP contribution in [0, 0.1) is 0 Å². The van der Waals surface area contributed by atoms with Gasteiger partial charge in [-0.2, -0.15) is 4.98 Å². The molecule has 2 heterocycles. The van der Waals surface area contributed by atoms with Crippen LogP contribution in [0.3, 0.4) is 0 Å². The van der Waals surface area contributed by atoms with Crippen molar-refractivity contribution in [3.8, 4) is 0 Å². The Hall–Kier alpha value is -2.56. The lowest BCUT2D eigenvalue weighted by atomic mass is 10.1. The van der Waals surface area contributed by atoms with Crippen LogP contribution in [0.15, 0.2) is 42.7 Å². The summed E-state index contributed by atoms with van der Waals surface area (Å²) in [5, 5.41) is 4.42. The van der Waals surface area contributed by atoms with Gasteiger partial charge in [-0.05, 0) is 35.2 Å². The largest absolute Gasteiger partial charge is 0.368 e. The molecular formula is C13H13N5. The van der Waals surface area contributed by atoms with Gasteiger partial charge >= 0.3 is 0 Å². The number of aromatic nitrogens is 3. The van der Waals surface area contributed by atoms with Gasteiger partial charge in [0.05, 0.1) is 0 Å². The van der Waals surface area contributed by atoms with Crippen LogP contribution in [-0.2, 0) is 6.54 Å². The van der Waals surface area contributed by atoms with Crippen LogP contribution in [0.4, 0.5) is 11.8 Å². The van der Waals surface area contributed by atoms with Crippen LogP contribution in [0.1, 0.15) is 5.56 Å². The van der Waals surface area contributed by atoms with Gasteiger partial charge in [0, 0.05) is 24.5 Å². The van der Waals surface area contributed by atoms with Gasteiger partial charge in [0.25, 0.3) is 0 Å².